The number of fused-ring (bicyclic) bond motifs is 1. The van der Waals surface area contributed by atoms with Crippen molar-refractivity contribution in [1.29, 1.82) is 0 Å². The molecule has 0 amide bonds. The largest absolute Gasteiger partial charge is 0.460 e. The van der Waals surface area contributed by atoms with Gasteiger partial charge in [-0.3, -0.25) is 0 Å². The molecule has 0 fully saturated rings. The number of imidazole rings is 1. The molecule has 0 saturated heterocycles. The Morgan fingerprint density at radius 1 is 1.03 bits per heavy atom. The molecule has 0 N–H and O–H groups in total. The Bertz CT molecular complexity index is 1040. The molecule has 3 nitrogen and oxygen atoms in total. The van der Waals surface area contributed by atoms with Gasteiger partial charge in [0.2, 0.25) is 0 Å². The number of alkyl halides is 7. The van der Waals surface area contributed by atoms with E-state index in [0.29, 0.717) is 23.7 Å². The van der Waals surface area contributed by atoms with Crippen molar-refractivity contribution in [2.24, 2.45) is 7.05 Å². The number of aromatic nitrogens is 3. The van der Waals surface area contributed by atoms with E-state index in [2.05, 4.69) is 9.97 Å². The zero-order valence-corrected chi connectivity index (χ0v) is 15.9. The van der Waals surface area contributed by atoms with Crippen LogP contribution in [0.4, 0.5) is 30.7 Å². The maximum absolute atomic E-state index is 14.0. The fourth-order valence-corrected chi connectivity index (χ4v) is 3.58. The summed E-state index contributed by atoms with van der Waals surface area (Å²) in [6.07, 6.45) is -6.10. The number of thioether (sulfide) groups is 1. The molecule has 2 aromatic heterocycles. The SMILES string of the molecule is CCSc1ccccc1-c1nc2cc(C(F)(F)C(F)(F)C(F)(F)F)cnc2n1C. The van der Waals surface area contributed by atoms with E-state index in [0.717, 1.165) is 10.6 Å². The summed E-state index contributed by atoms with van der Waals surface area (Å²) in [7, 11) is 1.55. The predicted molar refractivity (Wildman–Crippen MR) is 95.2 cm³/mol. The second-order valence-corrected chi connectivity index (χ2v) is 7.44. The highest BCUT2D eigenvalue weighted by Crippen LogP contribution is 2.51. The summed E-state index contributed by atoms with van der Waals surface area (Å²) in [4.78, 5) is 8.70. The molecule has 0 aliphatic heterocycles. The van der Waals surface area contributed by atoms with E-state index in [9.17, 15) is 30.7 Å². The van der Waals surface area contributed by atoms with Crippen molar-refractivity contribution in [2.45, 2.75) is 29.8 Å². The molecular weight excluding hydrogens is 423 g/mol. The molecule has 0 aliphatic carbocycles. The minimum Gasteiger partial charge on any atom is -0.312 e. The van der Waals surface area contributed by atoms with Crippen molar-refractivity contribution in [3.05, 3.63) is 42.1 Å². The maximum Gasteiger partial charge on any atom is 0.460 e. The van der Waals surface area contributed by atoms with E-state index in [1.54, 1.807) is 25.2 Å². The lowest BCUT2D eigenvalue weighted by atomic mass is 10.0. The molecule has 2 heterocycles. The molecule has 11 heteroatoms. The van der Waals surface area contributed by atoms with Crippen LogP contribution in [0.1, 0.15) is 12.5 Å². The van der Waals surface area contributed by atoms with E-state index in [1.165, 1.54) is 16.3 Å². The number of halogens is 7. The van der Waals surface area contributed by atoms with Gasteiger partial charge in [-0.25, -0.2) is 9.97 Å². The average Bonchev–Trinajstić information content (AvgIpc) is 2.97. The van der Waals surface area contributed by atoms with Gasteiger partial charge in [0.25, 0.3) is 0 Å². The van der Waals surface area contributed by atoms with Crippen molar-refractivity contribution in [3.63, 3.8) is 0 Å². The van der Waals surface area contributed by atoms with Gasteiger partial charge in [-0.15, -0.1) is 11.8 Å². The first-order valence-corrected chi connectivity index (χ1v) is 9.28. The molecule has 0 aliphatic rings. The van der Waals surface area contributed by atoms with E-state index >= 15 is 0 Å². The third-order valence-corrected chi connectivity index (χ3v) is 5.21. The number of benzene rings is 1. The lowest BCUT2D eigenvalue weighted by molar-refractivity contribution is -0.359. The monoisotopic (exact) mass is 437 g/mol. The topological polar surface area (TPSA) is 30.7 Å². The minimum atomic E-state index is -6.42. The Hall–Kier alpha value is -2.30. The van der Waals surface area contributed by atoms with Crippen LogP contribution in [0, 0.1) is 0 Å². The van der Waals surface area contributed by atoms with Gasteiger partial charge < -0.3 is 4.57 Å². The first-order chi connectivity index (χ1) is 13.4. The summed E-state index contributed by atoms with van der Waals surface area (Å²) in [5.74, 6) is -10.7. The summed E-state index contributed by atoms with van der Waals surface area (Å²) in [6, 6.07) is 7.64. The quantitative estimate of drug-likeness (QED) is 0.360. The molecule has 0 atom stereocenters. The Balaban J connectivity index is 2.14. The molecule has 29 heavy (non-hydrogen) atoms. The number of nitrogens with zero attached hydrogens (tertiary/aromatic N) is 3. The molecule has 1 aromatic carbocycles. The summed E-state index contributed by atoms with van der Waals surface area (Å²) < 4.78 is 93.6. The Kier molecular flexibility index (Phi) is 5.31. The van der Waals surface area contributed by atoms with Crippen molar-refractivity contribution < 1.29 is 30.7 Å². The molecule has 3 rings (SSSR count). The van der Waals surface area contributed by atoms with Gasteiger partial charge in [-0.05, 0) is 17.9 Å². The van der Waals surface area contributed by atoms with Gasteiger partial charge in [0.15, 0.2) is 5.65 Å². The van der Waals surface area contributed by atoms with Gasteiger partial charge in [0.05, 0.1) is 0 Å². The van der Waals surface area contributed by atoms with Gasteiger partial charge in [0.1, 0.15) is 11.3 Å². The molecule has 0 saturated carbocycles. The first-order valence-electron chi connectivity index (χ1n) is 8.29. The summed E-state index contributed by atoms with van der Waals surface area (Å²) in [5, 5.41) is 0. The summed E-state index contributed by atoms with van der Waals surface area (Å²) in [5.41, 5.74) is -1.04. The van der Waals surface area contributed by atoms with E-state index in [4.69, 9.17) is 0 Å². The van der Waals surface area contributed by atoms with E-state index in [1.807, 2.05) is 13.0 Å². The van der Waals surface area contributed by atoms with Gasteiger partial charge in [-0.2, -0.15) is 30.7 Å². The number of aryl methyl sites for hydroxylation is 1. The summed E-state index contributed by atoms with van der Waals surface area (Å²) in [6.45, 7) is 1.94. The molecule has 0 unspecified atom stereocenters. The molecule has 0 bridgehead atoms. The smallest absolute Gasteiger partial charge is 0.312 e. The molecule has 0 spiro atoms. The van der Waals surface area contributed by atoms with Crippen LogP contribution in [-0.4, -0.2) is 32.4 Å². The van der Waals surface area contributed by atoms with Gasteiger partial charge in [0, 0.05) is 29.3 Å². The Morgan fingerprint density at radius 3 is 2.31 bits per heavy atom. The molecular formula is C18H14F7N3S. The zero-order chi connectivity index (χ0) is 21.6. The van der Waals surface area contributed by atoms with E-state index < -0.39 is 23.6 Å². The summed E-state index contributed by atoms with van der Waals surface area (Å²) >= 11 is 1.51. The third kappa shape index (κ3) is 3.45. The van der Waals surface area contributed by atoms with Crippen LogP contribution in [0.25, 0.3) is 22.6 Å². The molecule has 3 aromatic rings. The third-order valence-electron chi connectivity index (χ3n) is 4.25. The highest BCUT2D eigenvalue weighted by Gasteiger charge is 2.73. The number of pyridine rings is 1. The second kappa shape index (κ2) is 7.19. The Morgan fingerprint density at radius 2 is 1.69 bits per heavy atom. The van der Waals surface area contributed by atoms with Crippen LogP contribution in [-0.2, 0) is 13.0 Å². The maximum atomic E-state index is 14.0. The predicted octanol–water partition coefficient (Wildman–Crippen LogP) is 6.04. The zero-order valence-electron chi connectivity index (χ0n) is 15.1. The van der Waals surface area contributed by atoms with Gasteiger partial charge in [-0.1, -0.05) is 25.1 Å². The lowest BCUT2D eigenvalue weighted by Crippen LogP contribution is -2.50. The molecule has 0 radical (unpaired) electrons. The van der Waals surface area contributed by atoms with Gasteiger partial charge >= 0.3 is 18.0 Å². The lowest BCUT2D eigenvalue weighted by Gasteiger charge is -2.28. The molecule has 156 valence electrons. The average molecular weight is 437 g/mol. The highest BCUT2D eigenvalue weighted by molar-refractivity contribution is 7.99. The van der Waals surface area contributed by atoms with Crippen molar-refractivity contribution in [1.82, 2.24) is 14.5 Å². The van der Waals surface area contributed by atoms with Crippen molar-refractivity contribution in [2.75, 3.05) is 5.75 Å². The minimum absolute atomic E-state index is 0.0752. The van der Waals surface area contributed by atoms with Crippen LogP contribution in [0.5, 0.6) is 0 Å². The number of hydrogen-bond acceptors (Lipinski definition) is 3. The number of hydrogen-bond donors (Lipinski definition) is 0. The van der Waals surface area contributed by atoms with Crippen LogP contribution in [0.3, 0.4) is 0 Å². The second-order valence-electron chi connectivity index (χ2n) is 6.14. The van der Waals surface area contributed by atoms with E-state index in [-0.39, 0.29) is 11.2 Å². The van der Waals surface area contributed by atoms with Crippen molar-refractivity contribution in [3.8, 4) is 11.4 Å². The Labute approximate surface area is 165 Å². The van der Waals surface area contributed by atoms with Crippen LogP contribution in [0.15, 0.2) is 41.4 Å². The van der Waals surface area contributed by atoms with Crippen LogP contribution < -0.4 is 0 Å². The highest BCUT2D eigenvalue weighted by atomic mass is 32.2. The van der Waals surface area contributed by atoms with Crippen LogP contribution in [0.2, 0.25) is 0 Å². The normalized spacial score (nSPS) is 13.3. The standard InChI is InChI=1S/C18H14F7N3S/c1-3-29-13-7-5-4-6-11(13)14-27-12-8-10(9-26-15(12)28(14)2)16(19,20)17(21,22)18(23,24)25/h4-9H,3H2,1-2H3. The fraction of sp³-hybridized carbons (Fsp3) is 0.333. The fourth-order valence-electron chi connectivity index (χ4n) is 2.78. The van der Waals surface area contributed by atoms with Crippen molar-refractivity contribution >= 4 is 22.9 Å². The first kappa shape index (κ1) is 21.4. The van der Waals surface area contributed by atoms with Crippen LogP contribution >= 0.6 is 11.8 Å². The number of rotatable bonds is 5.